The van der Waals surface area contributed by atoms with E-state index in [-0.39, 0.29) is 5.97 Å². The summed E-state index contributed by atoms with van der Waals surface area (Å²) in [6, 6.07) is 3.70. The van der Waals surface area contributed by atoms with Crippen LogP contribution >= 0.6 is 0 Å². The first-order valence-corrected chi connectivity index (χ1v) is 6.80. The smallest absolute Gasteiger partial charge is 0.328 e. The van der Waals surface area contributed by atoms with Gasteiger partial charge < -0.3 is 10.1 Å². The molecule has 1 heterocycles. The maximum absolute atomic E-state index is 11.9. The number of aryl methyl sites for hydroxylation is 2. The summed E-state index contributed by atoms with van der Waals surface area (Å²) in [7, 11) is 1.40. The van der Waals surface area contributed by atoms with Crippen LogP contribution in [0.1, 0.15) is 31.0 Å². The van der Waals surface area contributed by atoms with Gasteiger partial charge >= 0.3 is 5.97 Å². The summed E-state index contributed by atoms with van der Waals surface area (Å²) < 4.78 is 6.76. The quantitative estimate of drug-likeness (QED) is 0.872. The predicted molar refractivity (Wildman–Crippen MR) is 80.1 cm³/mol. The Morgan fingerprint density at radius 2 is 2.05 bits per heavy atom. The van der Waals surface area contributed by atoms with Gasteiger partial charge in [0.2, 0.25) is 5.95 Å². The minimum absolute atomic E-state index is 0.276. The molecule has 0 aliphatic carbocycles. The van der Waals surface area contributed by atoms with Crippen molar-refractivity contribution in [3.05, 3.63) is 23.3 Å². The zero-order valence-corrected chi connectivity index (χ0v) is 12.7. The molecule has 1 aromatic heterocycles. The van der Waals surface area contributed by atoms with Crippen molar-refractivity contribution in [2.45, 2.75) is 33.7 Å². The molecule has 1 unspecified atom stereocenters. The first-order chi connectivity index (χ1) is 9.49. The normalized spacial score (nSPS) is 12.4. The third-order valence-electron chi connectivity index (χ3n) is 3.57. The van der Waals surface area contributed by atoms with Crippen LogP contribution in [0.15, 0.2) is 12.1 Å². The van der Waals surface area contributed by atoms with E-state index in [0.717, 1.165) is 17.6 Å². The summed E-state index contributed by atoms with van der Waals surface area (Å²) in [5.74, 6) is 0.423. The van der Waals surface area contributed by atoms with Crippen molar-refractivity contribution in [3.63, 3.8) is 0 Å². The van der Waals surface area contributed by atoms with Crippen LogP contribution in [0.2, 0.25) is 0 Å². The Labute approximate surface area is 118 Å². The van der Waals surface area contributed by atoms with E-state index in [1.807, 2.05) is 24.5 Å². The van der Waals surface area contributed by atoms with E-state index in [2.05, 4.69) is 30.2 Å². The fourth-order valence-electron chi connectivity index (χ4n) is 2.30. The largest absolute Gasteiger partial charge is 0.467 e. The number of methoxy groups -OCH3 is 1. The van der Waals surface area contributed by atoms with Gasteiger partial charge in [-0.2, -0.15) is 0 Å². The van der Waals surface area contributed by atoms with Crippen molar-refractivity contribution >= 4 is 23.0 Å². The number of fused-ring (bicyclic) bond motifs is 1. The highest BCUT2D eigenvalue weighted by Gasteiger charge is 2.22. The number of imidazole rings is 1. The Hall–Kier alpha value is -2.04. The van der Waals surface area contributed by atoms with E-state index < -0.39 is 6.04 Å². The van der Waals surface area contributed by atoms with Crippen molar-refractivity contribution in [1.82, 2.24) is 9.55 Å². The number of nitrogens with one attached hydrogen (secondary N) is 1. The number of rotatable bonds is 4. The van der Waals surface area contributed by atoms with Crippen LogP contribution in [0.25, 0.3) is 11.0 Å². The number of carbonyl (C=O) groups excluding carboxylic acids is 1. The third kappa shape index (κ3) is 2.35. The van der Waals surface area contributed by atoms with E-state index >= 15 is 0 Å². The predicted octanol–water partition coefficient (Wildman–Crippen LogP) is 2.82. The van der Waals surface area contributed by atoms with Gasteiger partial charge in [0.1, 0.15) is 6.04 Å². The lowest BCUT2D eigenvalue weighted by molar-refractivity contribution is -0.143. The molecule has 5 heteroatoms. The number of carbonyl (C=O) groups is 1. The number of hydrogen-bond donors (Lipinski definition) is 1. The number of hydrogen-bond acceptors (Lipinski definition) is 4. The molecule has 1 atom stereocenters. The molecule has 2 rings (SSSR count). The average molecular weight is 275 g/mol. The topological polar surface area (TPSA) is 56.2 Å². The molecule has 1 N–H and O–H groups in total. The summed E-state index contributed by atoms with van der Waals surface area (Å²) in [5.41, 5.74) is 4.21. The fourth-order valence-corrected chi connectivity index (χ4v) is 2.30. The van der Waals surface area contributed by atoms with Crippen LogP contribution in [-0.4, -0.2) is 29.2 Å². The minimum atomic E-state index is -0.416. The molecule has 0 radical (unpaired) electrons. The number of benzene rings is 1. The summed E-state index contributed by atoms with van der Waals surface area (Å²) in [6.07, 6.45) is 0. The fraction of sp³-hybridized carbons (Fsp3) is 0.467. The van der Waals surface area contributed by atoms with Gasteiger partial charge in [0, 0.05) is 6.54 Å². The van der Waals surface area contributed by atoms with Gasteiger partial charge in [0.25, 0.3) is 0 Å². The number of anilines is 1. The minimum Gasteiger partial charge on any atom is -0.467 e. The zero-order chi connectivity index (χ0) is 14.9. The first-order valence-electron chi connectivity index (χ1n) is 6.80. The SMILES string of the molecule is CCNc1nc2cc(C)c(C)cc2n1C(C)C(=O)OC. The summed E-state index contributed by atoms with van der Waals surface area (Å²) in [6.45, 7) is 8.69. The zero-order valence-electron chi connectivity index (χ0n) is 12.7. The highest BCUT2D eigenvalue weighted by Crippen LogP contribution is 2.27. The second kappa shape index (κ2) is 5.53. The maximum Gasteiger partial charge on any atom is 0.328 e. The van der Waals surface area contributed by atoms with Gasteiger partial charge in [0.15, 0.2) is 0 Å². The van der Waals surface area contributed by atoms with E-state index in [1.165, 1.54) is 18.2 Å². The number of ether oxygens (including phenoxy) is 1. The number of nitrogens with zero attached hydrogens (tertiary/aromatic N) is 2. The Bertz CT molecular complexity index is 646. The van der Waals surface area contributed by atoms with Crippen molar-refractivity contribution in [3.8, 4) is 0 Å². The van der Waals surface area contributed by atoms with Crippen LogP contribution < -0.4 is 5.32 Å². The second-order valence-electron chi connectivity index (χ2n) is 4.96. The molecule has 0 aliphatic heterocycles. The molecule has 108 valence electrons. The van der Waals surface area contributed by atoms with Crippen LogP contribution in [0.4, 0.5) is 5.95 Å². The molecule has 0 bridgehead atoms. The summed E-state index contributed by atoms with van der Waals surface area (Å²) in [5, 5.41) is 3.21. The standard InChI is InChI=1S/C15H21N3O2/c1-6-16-15-17-12-7-9(2)10(3)8-13(12)18(15)11(4)14(19)20-5/h7-8,11H,6H2,1-5H3,(H,16,17). The molecule has 5 nitrogen and oxygen atoms in total. The lowest BCUT2D eigenvalue weighted by atomic mass is 10.1. The van der Waals surface area contributed by atoms with E-state index in [1.54, 1.807) is 0 Å². The van der Waals surface area contributed by atoms with Gasteiger partial charge in [-0.15, -0.1) is 0 Å². The molecule has 0 saturated carbocycles. The monoisotopic (exact) mass is 275 g/mol. The highest BCUT2D eigenvalue weighted by atomic mass is 16.5. The molecular weight excluding hydrogens is 254 g/mol. The van der Waals surface area contributed by atoms with Gasteiger partial charge in [-0.1, -0.05) is 0 Å². The van der Waals surface area contributed by atoms with Gasteiger partial charge in [0.05, 0.1) is 18.1 Å². The number of aromatic nitrogens is 2. The van der Waals surface area contributed by atoms with Crippen molar-refractivity contribution in [2.24, 2.45) is 0 Å². The lowest BCUT2D eigenvalue weighted by Gasteiger charge is -2.16. The van der Waals surface area contributed by atoms with E-state index in [4.69, 9.17) is 4.74 Å². The van der Waals surface area contributed by atoms with Crippen molar-refractivity contribution in [1.29, 1.82) is 0 Å². The summed E-state index contributed by atoms with van der Waals surface area (Å²) in [4.78, 5) is 16.4. The lowest BCUT2D eigenvalue weighted by Crippen LogP contribution is -2.20. The van der Waals surface area contributed by atoms with Crippen LogP contribution in [0.5, 0.6) is 0 Å². The molecular formula is C15H21N3O2. The van der Waals surface area contributed by atoms with E-state index in [9.17, 15) is 4.79 Å². The van der Waals surface area contributed by atoms with Gasteiger partial charge in [-0.3, -0.25) is 4.57 Å². The molecule has 2 aromatic rings. The average Bonchev–Trinajstić information content (AvgIpc) is 2.75. The number of esters is 1. The van der Waals surface area contributed by atoms with Crippen LogP contribution in [-0.2, 0) is 9.53 Å². The molecule has 0 fully saturated rings. The van der Waals surface area contributed by atoms with Crippen LogP contribution in [0, 0.1) is 13.8 Å². The van der Waals surface area contributed by atoms with Gasteiger partial charge in [-0.25, -0.2) is 9.78 Å². The van der Waals surface area contributed by atoms with Crippen molar-refractivity contribution in [2.75, 3.05) is 19.0 Å². The highest BCUT2D eigenvalue weighted by molar-refractivity contribution is 5.84. The van der Waals surface area contributed by atoms with Gasteiger partial charge in [-0.05, 0) is 51.0 Å². The van der Waals surface area contributed by atoms with E-state index in [0.29, 0.717) is 5.95 Å². The Kier molecular flexibility index (Phi) is 3.97. The molecule has 20 heavy (non-hydrogen) atoms. The van der Waals surface area contributed by atoms with Crippen LogP contribution in [0.3, 0.4) is 0 Å². The summed E-state index contributed by atoms with van der Waals surface area (Å²) >= 11 is 0. The molecule has 0 saturated heterocycles. The molecule has 1 aromatic carbocycles. The Morgan fingerprint density at radius 1 is 1.40 bits per heavy atom. The molecule has 0 amide bonds. The first kappa shape index (κ1) is 14.4. The molecule has 0 aliphatic rings. The molecule has 0 spiro atoms. The maximum atomic E-state index is 11.9. The third-order valence-corrected chi connectivity index (χ3v) is 3.57. The Morgan fingerprint density at radius 3 is 2.65 bits per heavy atom. The van der Waals surface area contributed by atoms with Crippen molar-refractivity contribution < 1.29 is 9.53 Å². The second-order valence-corrected chi connectivity index (χ2v) is 4.96. The Balaban J connectivity index is 2.67.